The lowest BCUT2D eigenvalue weighted by Gasteiger charge is -2.15. The van der Waals surface area contributed by atoms with E-state index in [-0.39, 0.29) is 0 Å². The first kappa shape index (κ1) is 13.3. The van der Waals surface area contributed by atoms with Crippen molar-refractivity contribution in [3.8, 4) is 0 Å². The summed E-state index contributed by atoms with van der Waals surface area (Å²) in [5.41, 5.74) is 4.67. The van der Waals surface area contributed by atoms with Gasteiger partial charge in [0.05, 0.1) is 6.10 Å². The average Bonchev–Trinajstić information content (AvgIpc) is 2.34. The molecular weight excluding hydrogens is 288 g/mol. The van der Waals surface area contributed by atoms with Crippen LogP contribution in [0.5, 0.6) is 0 Å². The molecule has 2 aromatic carbocycles. The van der Waals surface area contributed by atoms with Crippen LogP contribution in [0.3, 0.4) is 0 Å². The highest BCUT2D eigenvalue weighted by Gasteiger charge is 2.12. The molecule has 0 aliphatic carbocycles. The van der Waals surface area contributed by atoms with Gasteiger partial charge in [0, 0.05) is 10.9 Å². The Labute approximate surface area is 117 Å². The van der Waals surface area contributed by atoms with E-state index < -0.39 is 6.10 Å². The molecule has 0 aromatic heterocycles. The maximum Gasteiger partial charge on any atom is 0.0830 e. The Bertz CT molecular complexity index is 528. The van der Waals surface area contributed by atoms with Gasteiger partial charge in [-0.15, -0.1) is 0 Å². The molecule has 1 N–H and O–H groups in total. The van der Waals surface area contributed by atoms with Crippen molar-refractivity contribution in [2.24, 2.45) is 0 Å². The molecule has 0 bridgehead atoms. The fraction of sp³-hybridized carbons (Fsp3) is 0.250. The summed E-state index contributed by atoms with van der Waals surface area (Å²) in [6.07, 6.45) is 0.205. The van der Waals surface area contributed by atoms with Crippen molar-refractivity contribution in [1.82, 2.24) is 0 Å². The molecule has 0 saturated heterocycles. The van der Waals surface area contributed by atoms with Crippen LogP contribution < -0.4 is 0 Å². The second kappa shape index (κ2) is 5.68. The van der Waals surface area contributed by atoms with Crippen LogP contribution in [0, 0.1) is 13.8 Å². The third-order valence-electron chi connectivity index (χ3n) is 3.28. The van der Waals surface area contributed by atoms with Gasteiger partial charge in [-0.25, -0.2) is 0 Å². The molecule has 0 spiro atoms. The highest BCUT2D eigenvalue weighted by Crippen LogP contribution is 2.24. The Balaban J connectivity index is 2.24. The molecule has 0 radical (unpaired) electrons. The minimum Gasteiger partial charge on any atom is -0.388 e. The van der Waals surface area contributed by atoms with Crippen molar-refractivity contribution in [2.75, 3.05) is 0 Å². The third-order valence-corrected chi connectivity index (χ3v) is 3.77. The first-order chi connectivity index (χ1) is 8.58. The minimum absolute atomic E-state index is 0.456. The summed E-state index contributed by atoms with van der Waals surface area (Å²) in [5.74, 6) is 0. The van der Waals surface area contributed by atoms with Crippen LogP contribution in [0.1, 0.15) is 28.4 Å². The molecule has 0 saturated carbocycles. The largest absolute Gasteiger partial charge is 0.388 e. The second-order valence-electron chi connectivity index (χ2n) is 4.65. The van der Waals surface area contributed by atoms with E-state index in [1.807, 2.05) is 24.3 Å². The van der Waals surface area contributed by atoms with Crippen molar-refractivity contribution >= 4 is 15.9 Å². The molecule has 94 valence electrons. The van der Waals surface area contributed by atoms with Gasteiger partial charge in [0.2, 0.25) is 0 Å². The highest BCUT2D eigenvalue weighted by atomic mass is 79.9. The lowest BCUT2D eigenvalue weighted by atomic mass is 9.95. The van der Waals surface area contributed by atoms with E-state index in [1.165, 1.54) is 16.7 Å². The van der Waals surface area contributed by atoms with Gasteiger partial charge in [0.25, 0.3) is 0 Å². The minimum atomic E-state index is -0.456. The Morgan fingerprint density at radius 3 is 2.28 bits per heavy atom. The van der Waals surface area contributed by atoms with Crippen LogP contribution in [-0.2, 0) is 6.42 Å². The van der Waals surface area contributed by atoms with Gasteiger partial charge in [-0.2, -0.15) is 0 Å². The number of hydrogen-bond acceptors (Lipinski definition) is 1. The number of halogens is 1. The predicted molar refractivity (Wildman–Crippen MR) is 78.7 cm³/mol. The molecule has 0 aliphatic rings. The average molecular weight is 305 g/mol. The van der Waals surface area contributed by atoms with Crippen LogP contribution >= 0.6 is 15.9 Å². The summed E-state index contributed by atoms with van der Waals surface area (Å²) in [6.45, 7) is 4.19. The predicted octanol–water partition coefficient (Wildman–Crippen LogP) is 4.34. The van der Waals surface area contributed by atoms with Crippen molar-refractivity contribution in [1.29, 1.82) is 0 Å². The van der Waals surface area contributed by atoms with E-state index in [0.29, 0.717) is 6.42 Å². The molecule has 2 aromatic rings. The van der Waals surface area contributed by atoms with Crippen LogP contribution in [0.4, 0.5) is 0 Å². The molecule has 1 nitrogen and oxygen atoms in total. The highest BCUT2D eigenvalue weighted by molar-refractivity contribution is 9.10. The van der Waals surface area contributed by atoms with Crippen molar-refractivity contribution in [3.63, 3.8) is 0 Å². The fourth-order valence-electron chi connectivity index (χ4n) is 2.20. The van der Waals surface area contributed by atoms with E-state index in [1.54, 1.807) is 0 Å². The zero-order valence-corrected chi connectivity index (χ0v) is 12.2. The van der Waals surface area contributed by atoms with Gasteiger partial charge in [-0.1, -0.05) is 46.3 Å². The van der Waals surface area contributed by atoms with Crippen LogP contribution in [-0.4, -0.2) is 5.11 Å². The first-order valence-electron chi connectivity index (χ1n) is 6.06. The Hall–Kier alpha value is -1.12. The first-order valence-corrected chi connectivity index (χ1v) is 6.86. The SMILES string of the molecule is Cc1cccc(C)c1CC(O)c1cccc(Br)c1. The molecule has 0 aliphatic heterocycles. The van der Waals surface area contributed by atoms with E-state index in [0.717, 1.165) is 10.0 Å². The smallest absolute Gasteiger partial charge is 0.0830 e. The van der Waals surface area contributed by atoms with Crippen molar-refractivity contribution in [2.45, 2.75) is 26.4 Å². The topological polar surface area (TPSA) is 20.2 Å². The number of rotatable bonds is 3. The van der Waals surface area contributed by atoms with Crippen molar-refractivity contribution in [3.05, 3.63) is 69.2 Å². The standard InChI is InChI=1S/C16H17BrO/c1-11-5-3-6-12(2)15(11)10-16(18)13-7-4-8-14(17)9-13/h3-9,16,18H,10H2,1-2H3. The summed E-state index contributed by atoms with van der Waals surface area (Å²) >= 11 is 3.43. The van der Waals surface area contributed by atoms with Crippen LogP contribution in [0.2, 0.25) is 0 Å². The van der Waals surface area contributed by atoms with Gasteiger partial charge in [0.15, 0.2) is 0 Å². The normalized spacial score (nSPS) is 12.4. The third kappa shape index (κ3) is 3.01. The number of aliphatic hydroxyl groups is 1. The summed E-state index contributed by atoms with van der Waals surface area (Å²) in [6, 6.07) is 14.1. The monoisotopic (exact) mass is 304 g/mol. The fourth-order valence-corrected chi connectivity index (χ4v) is 2.61. The van der Waals surface area contributed by atoms with E-state index in [4.69, 9.17) is 0 Å². The van der Waals surface area contributed by atoms with Crippen molar-refractivity contribution < 1.29 is 5.11 Å². The van der Waals surface area contributed by atoms with Gasteiger partial charge >= 0.3 is 0 Å². The second-order valence-corrected chi connectivity index (χ2v) is 5.56. The maximum absolute atomic E-state index is 10.3. The number of benzene rings is 2. The molecule has 18 heavy (non-hydrogen) atoms. The molecule has 1 atom stereocenters. The van der Waals surface area contributed by atoms with Gasteiger partial charge in [-0.3, -0.25) is 0 Å². The van der Waals surface area contributed by atoms with Crippen LogP contribution in [0.25, 0.3) is 0 Å². The van der Waals surface area contributed by atoms with Crippen LogP contribution in [0.15, 0.2) is 46.9 Å². The summed E-state index contributed by atoms with van der Waals surface area (Å²) < 4.78 is 1.00. The summed E-state index contributed by atoms with van der Waals surface area (Å²) in [4.78, 5) is 0. The molecule has 0 heterocycles. The lowest BCUT2D eigenvalue weighted by molar-refractivity contribution is 0.178. The summed E-state index contributed by atoms with van der Waals surface area (Å²) in [5, 5.41) is 10.3. The van der Waals surface area contributed by atoms with E-state index in [9.17, 15) is 5.11 Å². The van der Waals surface area contributed by atoms with Gasteiger partial charge < -0.3 is 5.11 Å². The molecule has 2 heteroatoms. The number of hydrogen-bond donors (Lipinski definition) is 1. The van der Waals surface area contributed by atoms with Gasteiger partial charge in [-0.05, 0) is 48.2 Å². The zero-order valence-electron chi connectivity index (χ0n) is 10.7. The molecule has 0 fully saturated rings. The molecule has 1 unspecified atom stereocenters. The van der Waals surface area contributed by atoms with E-state index >= 15 is 0 Å². The molecular formula is C16H17BrO. The number of aliphatic hydroxyl groups excluding tert-OH is 1. The Morgan fingerprint density at radius 2 is 1.67 bits per heavy atom. The zero-order chi connectivity index (χ0) is 13.1. The Morgan fingerprint density at radius 1 is 1.06 bits per heavy atom. The number of aryl methyl sites for hydroxylation is 2. The van der Waals surface area contributed by atoms with Gasteiger partial charge in [0.1, 0.15) is 0 Å². The van der Waals surface area contributed by atoms with E-state index in [2.05, 4.69) is 48.0 Å². The maximum atomic E-state index is 10.3. The molecule has 2 rings (SSSR count). The Kier molecular flexibility index (Phi) is 4.20. The quantitative estimate of drug-likeness (QED) is 0.894. The lowest BCUT2D eigenvalue weighted by Crippen LogP contribution is -2.04. The summed E-state index contributed by atoms with van der Waals surface area (Å²) in [7, 11) is 0. The molecule has 0 amide bonds.